The predicted octanol–water partition coefficient (Wildman–Crippen LogP) is 5.24. The minimum Gasteiger partial charge on any atom is -0.497 e. The number of thiophene rings is 1. The summed E-state index contributed by atoms with van der Waals surface area (Å²) in [6, 6.07) is 20.2. The Balaban J connectivity index is 1.49. The first-order valence-electron chi connectivity index (χ1n) is 8.61. The van der Waals surface area contributed by atoms with Crippen LogP contribution in [0.25, 0.3) is 21.7 Å². The highest BCUT2D eigenvalue weighted by atomic mass is 32.1. The summed E-state index contributed by atoms with van der Waals surface area (Å²) in [5.41, 5.74) is 2.20. The molecule has 0 amide bonds. The molecule has 2 heterocycles. The fourth-order valence-electron chi connectivity index (χ4n) is 3.00. The zero-order valence-corrected chi connectivity index (χ0v) is 15.4. The zero-order chi connectivity index (χ0) is 17.8. The molecular weight excluding hydrogens is 344 g/mol. The first-order chi connectivity index (χ1) is 12.8. The lowest BCUT2D eigenvalue weighted by molar-refractivity contribution is 0.300. The molecule has 0 spiro atoms. The van der Waals surface area contributed by atoms with Gasteiger partial charge in [0.25, 0.3) is 0 Å². The molecule has 132 valence electrons. The van der Waals surface area contributed by atoms with Crippen molar-refractivity contribution in [3.05, 3.63) is 66.0 Å². The van der Waals surface area contributed by atoms with Gasteiger partial charge in [0, 0.05) is 12.6 Å². The number of nitrogens with zero attached hydrogens (tertiary/aromatic N) is 2. The second-order valence-electron chi connectivity index (χ2n) is 5.93. The van der Waals surface area contributed by atoms with Gasteiger partial charge in [0.15, 0.2) is 5.82 Å². The van der Waals surface area contributed by atoms with Crippen molar-refractivity contribution >= 4 is 22.4 Å². The van der Waals surface area contributed by atoms with E-state index in [1.54, 1.807) is 18.4 Å². The number of benzene rings is 2. The lowest BCUT2D eigenvalue weighted by Gasteiger charge is -2.10. The molecule has 5 heteroatoms. The molecular formula is C21H20N2O2S. The Morgan fingerprint density at radius 3 is 2.73 bits per heavy atom. The molecule has 0 N–H and O–H groups in total. The molecule has 4 aromatic rings. The number of ether oxygens (including phenoxy) is 2. The van der Waals surface area contributed by atoms with Crippen LogP contribution in [0.1, 0.15) is 6.42 Å². The van der Waals surface area contributed by atoms with Gasteiger partial charge in [-0.15, -0.1) is 11.3 Å². The predicted molar refractivity (Wildman–Crippen MR) is 106 cm³/mol. The second-order valence-corrected chi connectivity index (χ2v) is 6.88. The monoisotopic (exact) mass is 364 g/mol. The summed E-state index contributed by atoms with van der Waals surface area (Å²) in [7, 11) is 1.66. The van der Waals surface area contributed by atoms with E-state index in [4.69, 9.17) is 14.5 Å². The summed E-state index contributed by atoms with van der Waals surface area (Å²) in [6.07, 6.45) is 0.899. The fraction of sp³-hybridized carbons (Fsp3) is 0.190. The number of aryl methyl sites for hydroxylation is 1. The van der Waals surface area contributed by atoms with Gasteiger partial charge in [-0.1, -0.05) is 24.3 Å². The summed E-state index contributed by atoms with van der Waals surface area (Å²) in [5, 5.41) is 2.09. The molecule has 0 saturated carbocycles. The average Bonchev–Trinajstić information content (AvgIpc) is 3.33. The van der Waals surface area contributed by atoms with Gasteiger partial charge in [0.05, 0.1) is 29.6 Å². The lowest BCUT2D eigenvalue weighted by atomic mass is 10.3. The van der Waals surface area contributed by atoms with E-state index < -0.39 is 0 Å². The molecule has 0 aliphatic rings. The van der Waals surface area contributed by atoms with Gasteiger partial charge >= 0.3 is 0 Å². The van der Waals surface area contributed by atoms with Crippen LogP contribution in [0.15, 0.2) is 66.0 Å². The van der Waals surface area contributed by atoms with Crippen molar-refractivity contribution in [2.45, 2.75) is 13.0 Å². The fourth-order valence-corrected chi connectivity index (χ4v) is 3.72. The first-order valence-corrected chi connectivity index (χ1v) is 9.49. The molecule has 0 atom stereocenters. The molecule has 0 aliphatic heterocycles. The first kappa shape index (κ1) is 16.7. The van der Waals surface area contributed by atoms with Crippen LogP contribution in [0.3, 0.4) is 0 Å². The van der Waals surface area contributed by atoms with Crippen LogP contribution >= 0.6 is 11.3 Å². The number of aromatic nitrogens is 2. The lowest BCUT2D eigenvalue weighted by Crippen LogP contribution is -2.05. The number of imidazole rings is 1. The van der Waals surface area contributed by atoms with E-state index in [-0.39, 0.29) is 0 Å². The Morgan fingerprint density at radius 2 is 1.88 bits per heavy atom. The highest BCUT2D eigenvalue weighted by Gasteiger charge is 2.12. The Kier molecular flexibility index (Phi) is 4.88. The summed E-state index contributed by atoms with van der Waals surface area (Å²) >= 11 is 1.72. The van der Waals surface area contributed by atoms with Crippen molar-refractivity contribution in [1.29, 1.82) is 0 Å². The standard InChI is InChI=1S/C21H20N2O2S/c1-24-16-7-4-8-17(15-16)25-13-6-12-23-19-10-3-2-9-18(19)22-21(23)20-11-5-14-26-20/h2-5,7-11,14-15H,6,12-13H2,1H3. The van der Waals surface area contributed by atoms with Crippen LogP contribution < -0.4 is 9.47 Å². The maximum Gasteiger partial charge on any atom is 0.151 e. The number of hydrogen-bond donors (Lipinski definition) is 0. The second kappa shape index (κ2) is 7.62. The van der Waals surface area contributed by atoms with Gasteiger partial charge in [0.2, 0.25) is 0 Å². The van der Waals surface area contributed by atoms with Gasteiger partial charge in [-0.2, -0.15) is 0 Å². The van der Waals surface area contributed by atoms with Gasteiger partial charge in [-0.3, -0.25) is 0 Å². The third-order valence-corrected chi connectivity index (χ3v) is 5.10. The summed E-state index contributed by atoms with van der Waals surface area (Å²) < 4.78 is 13.4. The average molecular weight is 364 g/mol. The van der Waals surface area contributed by atoms with E-state index in [1.807, 2.05) is 30.3 Å². The van der Waals surface area contributed by atoms with Crippen molar-refractivity contribution in [1.82, 2.24) is 9.55 Å². The van der Waals surface area contributed by atoms with E-state index >= 15 is 0 Å². The summed E-state index contributed by atoms with van der Waals surface area (Å²) in [5.74, 6) is 2.67. The largest absolute Gasteiger partial charge is 0.497 e. The Hall–Kier alpha value is -2.79. The van der Waals surface area contributed by atoms with E-state index in [0.717, 1.165) is 41.3 Å². The minimum atomic E-state index is 0.642. The molecule has 4 rings (SSSR count). The van der Waals surface area contributed by atoms with Gasteiger partial charge in [-0.05, 0) is 42.1 Å². The number of hydrogen-bond acceptors (Lipinski definition) is 4. The molecule has 26 heavy (non-hydrogen) atoms. The van der Waals surface area contributed by atoms with Crippen LogP contribution in [0.2, 0.25) is 0 Å². The molecule has 0 unspecified atom stereocenters. The van der Waals surface area contributed by atoms with E-state index in [0.29, 0.717) is 6.61 Å². The third-order valence-electron chi connectivity index (χ3n) is 4.23. The van der Waals surface area contributed by atoms with Crippen LogP contribution in [0.4, 0.5) is 0 Å². The molecule has 2 aromatic heterocycles. The van der Waals surface area contributed by atoms with Crippen molar-refractivity contribution in [3.63, 3.8) is 0 Å². The van der Waals surface area contributed by atoms with Gasteiger partial charge in [0.1, 0.15) is 11.5 Å². The molecule has 0 fully saturated rings. The van der Waals surface area contributed by atoms with Crippen LogP contribution in [0, 0.1) is 0 Å². The Labute approximate surface area is 156 Å². The topological polar surface area (TPSA) is 36.3 Å². The quantitative estimate of drug-likeness (QED) is 0.421. The van der Waals surface area contributed by atoms with Crippen LogP contribution in [-0.4, -0.2) is 23.3 Å². The SMILES string of the molecule is COc1cccc(OCCCn2c(-c3cccs3)nc3ccccc32)c1. The van der Waals surface area contributed by atoms with Crippen LogP contribution in [0.5, 0.6) is 11.5 Å². The smallest absolute Gasteiger partial charge is 0.151 e. The highest BCUT2D eigenvalue weighted by molar-refractivity contribution is 7.13. The van der Waals surface area contributed by atoms with Crippen molar-refractivity contribution in [3.8, 4) is 22.2 Å². The van der Waals surface area contributed by atoms with Crippen LogP contribution in [-0.2, 0) is 6.54 Å². The Bertz CT molecular complexity index is 992. The number of rotatable bonds is 7. The van der Waals surface area contributed by atoms with E-state index in [1.165, 1.54) is 4.88 Å². The molecule has 0 radical (unpaired) electrons. The molecule has 0 saturated heterocycles. The minimum absolute atomic E-state index is 0.642. The zero-order valence-electron chi connectivity index (χ0n) is 14.6. The van der Waals surface area contributed by atoms with Gasteiger partial charge < -0.3 is 14.0 Å². The maximum absolute atomic E-state index is 5.88. The number of para-hydroxylation sites is 2. The third kappa shape index (κ3) is 3.44. The van der Waals surface area contributed by atoms with E-state index in [2.05, 4.69) is 40.3 Å². The molecule has 4 nitrogen and oxygen atoms in total. The number of methoxy groups -OCH3 is 1. The van der Waals surface area contributed by atoms with Crippen molar-refractivity contribution < 1.29 is 9.47 Å². The molecule has 0 bridgehead atoms. The van der Waals surface area contributed by atoms with Crippen molar-refractivity contribution in [2.24, 2.45) is 0 Å². The summed E-state index contributed by atoms with van der Waals surface area (Å²) in [6.45, 7) is 1.50. The highest BCUT2D eigenvalue weighted by Crippen LogP contribution is 2.28. The molecule has 0 aliphatic carbocycles. The Morgan fingerprint density at radius 1 is 1.00 bits per heavy atom. The summed E-state index contributed by atoms with van der Waals surface area (Å²) in [4.78, 5) is 6.02. The van der Waals surface area contributed by atoms with E-state index in [9.17, 15) is 0 Å². The maximum atomic E-state index is 5.88. The molecule has 2 aromatic carbocycles. The van der Waals surface area contributed by atoms with Gasteiger partial charge in [-0.25, -0.2) is 4.98 Å². The van der Waals surface area contributed by atoms with Crippen molar-refractivity contribution in [2.75, 3.05) is 13.7 Å². The normalized spacial score (nSPS) is 11.0. The number of fused-ring (bicyclic) bond motifs is 1.